The van der Waals surface area contributed by atoms with E-state index in [-0.39, 0.29) is 0 Å². The number of nitrogens with one attached hydrogen (secondary N) is 1. The number of benzene rings is 1. The lowest BCUT2D eigenvalue weighted by Crippen LogP contribution is -2.02. The second kappa shape index (κ2) is 5.65. The topological polar surface area (TPSA) is 12.0 Å². The molecular formula is C13H13Br2NS. The van der Waals surface area contributed by atoms with Gasteiger partial charge in [-0.25, -0.2) is 0 Å². The maximum Gasteiger partial charge on any atom is 0.0368 e. The van der Waals surface area contributed by atoms with Crippen LogP contribution in [0.5, 0.6) is 0 Å². The van der Waals surface area contributed by atoms with Gasteiger partial charge < -0.3 is 5.32 Å². The van der Waals surface area contributed by atoms with Crippen LogP contribution in [0.2, 0.25) is 0 Å². The molecular weight excluding hydrogens is 362 g/mol. The van der Waals surface area contributed by atoms with Crippen LogP contribution in [0.1, 0.15) is 10.4 Å². The van der Waals surface area contributed by atoms with Gasteiger partial charge in [-0.1, -0.05) is 31.9 Å². The monoisotopic (exact) mass is 373 g/mol. The number of thiophene rings is 1. The maximum atomic E-state index is 3.64. The summed E-state index contributed by atoms with van der Waals surface area (Å²) in [6, 6.07) is 8.65. The molecule has 0 saturated heterocycles. The minimum Gasteiger partial charge on any atom is -0.315 e. The van der Waals surface area contributed by atoms with Gasteiger partial charge in [0.15, 0.2) is 0 Å². The molecule has 1 nitrogen and oxygen atoms in total. The van der Waals surface area contributed by atoms with E-state index >= 15 is 0 Å². The van der Waals surface area contributed by atoms with Crippen LogP contribution in [-0.4, -0.2) is 7.05 Å². The summed E-state index contributed by atoms with van der Waals surface area (Å²) in [5.74, 6) is 0. The normalized spacial score (nSPS) is 10.8. The van der Waals surface area contributed by atoms with Gasteiger partial charge in [0, 0.05) is 30.8 Å². The van der Waals surface area contributed by atoms with E-state index in [1.54, 1.807) is 0 Å². The van der Waals surface area contributed by atoms with Crippen molar-refractivity contribution >= 4 is 43.2 Å². The molecule has 0 bridgehead atoms. The Labute approximate surface area is 123 Å². The molecule has 90 valence electrons. The molecule has 0 saturated carbocycles. The minimum atomic E-state index is 0.922. The van der Waals surface area contributed by atoms with Gasteiger partial charge in [-0.15, -0.1) is 11.3 Å². The quantitative estimate of drug-likeness (QED) is 0.799. The van der Waals surface area contributed by atoms with Crippen molar-refractivity contribution in [1.29, 1.82) is 0 Å². The van der Waals surface area contributed by atoms with Crippen molar-refractivity contribution in [2.75, 3.05) is 7.05 Å². The van der Waals surface area contributed by atoms with E-state index < -0.39 is 0 Å². The summed E-state index contributed by atoms with van der Waals surface area (Å²) in [5.41, 5.74) is 2.49. The average molecular weight is 375 g/mol. The summed E-state index contributed by atoms with van der Waals surface area (Å²) in [4.78, 5) is 2.64. The van der Waals surface area contributed by atoms with Crippen molar-refractivity contribution in [2.45, 2.75) is 13.5 Å². The number of halogens is 2. The van der Waals surface area contributed by atoms with Crippen molar-refractivity contribution in [1.82, 2.24) is 5.32 Å². The highest BCUT2D eigenvalue weighted by Gasteiger charge is 2.11. The zero-order valence-corrected chi connectivity index (χ0v) is 13.7. The van der Waals surface area contributed by atoms with E-state index in [1.165, 1.54) is 20.9 Å². The second-order valence-corrected chi connectivity index (χ2v) is 6.78. The van der Waals surface area contributed by atoms with E-state index in [1.807, 2.05) is 18.4 Å². The highest BCUT2D eigenvalue weighted by Crippen LogP contribution is 2.39. The van der Waals surface area contributed by atoms with Crippen molar-refractivity contribution in [3.63, 3.8) is 0 Å². The molecule has 0 unspecified atom stereocenters. The number of rotatable bonds is 3. The van der Waals surface area contributed by atoms with Gasteiger partial charge in [-0.3, -0.25) is 0 Å². The predicted octanol–water partition coefficient (Wildman–Crippen LogP) is 4.97. The first kappa shape index (κ1) is 13.3. The van der Waals surface area contributed by atoms with Gasteiger partial charge in [0.25, 0.3) is 0 Å². The molecule has 2 aromatic rings. The van der Waals surface area contributed by atoms with E-state index in [4.69, 9.17) is 0 Å². The van der Waals surface area contributed by atoms with E-state index in [9.17, 15) is 0 Å². The summed E-state index contributed by atoms with van der Waals surface area (Å²) in [6.45, 7) is 3.02. The molecule has 4 heteroatoms. The van der Waals surface area contributed by atoms with Crippen molar-refractivity contribution in [2.24, 2.45) is 0 Å². The average Bonchev–Trinajstić information content (AvgIpc) is 2.65. The molecule has 0 aliphatic heterocycles. The van der Waals surface area contributed by atoms with Crippen LogP contribution < -0.4 is 5.32 Å². The fraction of sp³-hybridized carbons (Fsp3) is 0.231. The van der Waals surface area contributed by atoms with Crippen molar-refractivity contribution in [3.05, 3.63) is 43.7 Å². The molecule has 1 N–H and O–H groups in total. The van der Waals surface area contributed by atoms with E-state index in [0.29, 0.717) is 0 Å². The van der Waals surface area contributed by atoms with Gasteiger partial charge in [-0.05, 0) is 43.8 Å². The molecule has 2 rings (SSSR count). The zero-order chi connectivity index (χ0) is 12.4. The van der Waals surface area contributed by atoms with Gasteiger partial charge in [0.2, 0.25) is 0 Å². The first-order valence-electron chi connectivity index (χ1n) is 5.31. The molecule has 0 radical (unpaired) electrons. The van der Waals surface area contributed by atoms with Crippen molar-refractivity contribution in [3.8, 4) is 10.4 Å². The van der Waals surface area contributed by atoms with Gasteiger partial charge in [0.05, 0.1) is 0 Å². The SMILES string of the molecule is CNCc1ccc(-c2c(Br)cc(C)cc2Br)s1. The molecule has 1 heterocycles. The Morgan fingerprint density at radius 3 is 2.41 bits per heavy atom. The molecule has 1 aromatic heterocycles. The summed E-state index contributed by atoms with van der Waals surface area (Å²) < 4.78 is 2.28. The first-order valence-corrected chi connectivity index (χ1v) is 7.71. The van der Waals surface area contributed by atoms with Crippen LogP contribution in [0.15, 0.2) is 33.2 Å². The van der Waals surface area contributed by atoms with Crippen LogP contribution in [0.4, 0.5) is 0 Å². The molecule has 0 spiro atoms. The third kappa shape index (κ3) is 2.99. The van der Waals surface area contributed by atoms with Crippen LogP contribution in [0, 0.1) is 6.92 Å². The Balaban J connectivity index is 2.45. The lowest BCUT2D eigenvalue weighted by Gasteiger charge is -2.06. The van der Waals surface area contributed by atoms with Gasteiger partial charge in [-0.2, -0.15) is 0 Å². The Morgan fingerprint density at radius 2 is 1.82 bits per heavy atom. The van der Waals surface area contributed by atoms with Gasteiger partial charge >= 0.3 is 0 Å². The molecule has 0 amide bonds. The molecule has 0 aliphatic rings. The molecule has 17 heavy (non-hydrogen) atoms. The van der Waals surface area contributed by atoms with Crippen LogP contribution in [0.3, 0.4) is 0 Å². The van der Waals surface area contributed by atoms with Crippen LogP contribution in [-0.2, 0) is 6.54 Å². The Kier molecular flexibility index (Phi) is 4.42. The van der Waals surface area contributed by atoms with E-state index in [0.717, 1.165) is 15.5 Å². The Bertz CT molecular complexity index is 511. The van der Waals surface area contributed by atoms with Crippen molar-refractivity contribution < 1.29 is 0 Å². The number of hydrogen-bond acceptors (Lipinski definition) is 2. The van der Waals surface area contributed by atoms with E-state index in [2.05, 4.69) is 68.4 Å². The first-order chi connectivity index (χ1) is 8.11. The highest BCUT2D eigenvalue weighted by molar-refractivity contribution is 9.11. The molecule has 0 aliphatic carbocycles. The van der Waals surface area contributed by atoms with Crippen LogP contribution >= 0.6 is 43.2 Å². The third-order valence-electron chi connectivity index (χ3n) is 2.45. The molecule has 1 aromatic carbocycles. The fourth-order valence-electron chi connectivity index (χ4n) is 1.72. The lowest BCUT2D eigenvalue weighted by atomic mass is 10.1. The summed E-state index contributed by atoms with van der Waals surface area (Å²) in [7, 11) is 1.97. The summed E-state index contributed by atoms with van der Waals surface area (Å²) >= 11 is 9.11. The smallest absolute Gasteiger partial charge is 0.0368 e. The zero-order valence-electron chi connectivity index (χ0n) is 9.68. The Morgan fingerprint density at radius 1 is 1.18 bits per heavy atom. The standard InChI is InChI=1S/C13H13Br2NS/c1-8-5-10(14)13(11(15)6-8)12-4-3-9(17-12)7-16-2/h3-6,16H,7H2,1-2H3. The largest absolute Gasteiger partial charge is 0.315 e. The van der Waals surface area contributed by atoms with Crippen LogP contribution in [0.25, 0.3) is 10.4 Å². The second-order valence-electron chi connectivity index (χ2n) is 3.90. The Hall–Kier alpha value is -0.160. The molecule has 0 fully saturated rings. The minimum absolute atomic E-state index is 0.922. The lowest BCUT2D eigenvalue weighted by molar-refractivity contribution is 0.831. The number of aryl methyl sites for hydroxylation is 1. The maximum absolute atomic E-state index is 3.64. The predicted molar refractivity (Wildman–Crippen MR) is 82.7 cm³/mol. The third-order valence-corrected chi connectivity index (χ3v) is 4.80. The van der Waals surface area contributed by atoms with Gasteiger partial charge in [0.1, 0.15) is 0 Å². The summed E-state index contributed by atoms with van der Waals surface area (Å²) in [6.07, 6.45) is 0. The fourth-order valence-corrected chi connectivity index (χ4v) is 4.91. The highest BCUT2D eigenvalue weighted by atomic mass is 79.9. The number of hydrogen-bond donors (Lipinski definition) is 1. The molecule has 0 atom stereocenters. The summed E-state index contributed by atoms with van der Waals surface area (Å²) in [5, 5.41) is 3.17.